The number of benzene rings is 1. The fraction of sp³-hybridized carbons (Fsp3) is 0.385. The summed E-state index contributed by atoms with van der Waals surface area (Å²) >= 11 is 0. The van der Waals surface area contributed by atoms with E-state index in [1.54, 1.807) is 0 Å². The number of aryl methyl sites for hydroxylation is 1. The molecule has 0 saturated carbocycles. The van der Waals surface area contributed by atoms with Gasteiger partial charge in [0.15, 0.2) is 0 Å². The molecule has 5 heteroatoms. The molecule has 18 heavy (non-hydrogen) atoms. The highest BCUT2D eigenvalue weighted by atomic mass is 15.2. The molecule has 0 amide bonds. The highest BCUT2D eigenvalue weighted by Gasteiger charge is 2.39. The highest BCUT2D eigenvalue weighted by Crippen LogP contribution is 2.32. The molecule has 0 spiro atoms. The van der Waals surface area contributed by atoms with E-state index >= 15 is 0 Å². The van der Waals surface area contributed by atoms with E-state index in [2.05, 4.69) is 15.5 Å². The molecule has 1 aromatic heterocycles. The molecule has 0 aliphatic carbocycles. The van der Waals surface area contributed by atoms with Crippen molar-refractivity contribution in [2.24, 2.45) is 6.98 Å². The lowest BCUT2D eigenvalue weighted by Gasteiger charge is -2.43. The van der Waals surface area contributed by atoms with Crippen molar-refractivity contribution in [3.05, 3.63) is 42.0 Å². The van der Waals surface area contributed by atoms with Crippen LogP contribution in [0.2, 0.25) is 0 Å². The van der Waals surface area contributed by atoms with Gasteiger partial charge in [0.2, 0.25) is 0 Å². The molecule has 1 aliphatic rings. The molecule has 2 aromatic rings. The molecule has 5 nitrogen and oxygen atoms in total. The molecule has 3 rings (SSSR count). The van der Waals surface area contributed by atoms with Crippen LogP contribution in [0.5, 0.6) is 0 Å². The van der Waals surface area contributed by atoms with Crippen molar-refractivity contribution in [2.75, 3.05) is 18.8 Å². The van der Waals surface area contributed by atoms with Gasteiger partial charge in [0.05, 0.1) is 0 Å². The van der Waals surface area contributed by atoms with E-state index in [0.717, 1.165) is 18.7 Å². The van der Waals surface area contributed by atoms with Gasteiger partial charge in [-0.15, -0.1) is 10.2 Å². The molecule has 0 atom stereocenters. The first-order valence-corrected chi connectivity index (χ1v) is 5.87. The minimum atomic E-state index is -2.26. The van der Waals surface area contributed by atoms with E-state index in [0.29, 0.717) is 17.9 Å². The lowest BCUT2D eigenvalue weighted by atomic mass is 9.72. The van der Waals surface area contributed by atoms with Gasteiger partial charge < -0.3 is 15.6 Å². The summed E-state index contributed by atoms with van der Waals surface area (Å²) in [7, 11) is 0. The van der Waals surface area contributed by atoms with E-state index in [4.69, 9.17) is 9.85 Å². The van der Waals surface area contributed by atoms with E-state index < -0.39 is 6.98 Å². The second kappa shape index (κ2) is 4.10. The van der Waals surface area contributed by atoms with Crippen LogP contribution in [0.15, 0.2) is 30.6 Å². The maximum atomic E-state index is 7.53. The summed E-state index contributed by atoms with van der Waals surface area (Å²) in [6.45, 7) is -0.721. The SMILES string of the molecule is [2H]C([2H])([2H])n1cnnc1CC1(c2cccc(N)c2)CNC1. The smallest absolute Gasteiger partial charge is 0.133 e. The lowest BCUT2D eigenvalue weighted by molar-refractivity contribution is 0.268. The fourth-order valence-corrected chi connectivity index (χ4v) is 2.41. The molecule has 0 unspecified atom stereocenters. The molecule has 1 saturated heterocycles. The molecule has 3 N–H and O–H groups in total. The molecule has 2 heterocycles. The number of nitrogens with two attached hydrogens (primary N) is 1. The van der Waals surface area contributed by atoms with Crippen LogP contribution >= 0.6 is 0 Å². The van der Waals surface area contributed by atoms with Crippen molar-refractivity contribution in [2.45, 2.75) is 11.8 Å². The Morgan fingerprint density at radius 1 is 1.56 bits per heavy atom. The van der Waals surface area contributed by atoms with Crippen molar-refractivity contribution in [1.29, 1.82) is 0 Å². The summed E-state index contributed by atoms with van der Waals surface area (Å²) in [5.74, 6) is 0.471. The Balaban J connectivity index is 1.94. The standard InChI is InChI=1S/C13H17N5/c1-18-9-16-17-12(18)6-13(7-15-8-13)10-3-2-4-11(14)5-10/h2-5,9,15H,6-8,14H2,1H3/i1D3. The predicted molar refractivity (Wildman–Crippen MR) is 70.1 cm³/mol. The number of aromatic nitrogens is 3. The third kappa shape index (κ3) is 1.76. The maximum Gasteiger partial charge on any atom is 0.133 e. The number of nitrogens with one attached hydrogen (secondary N) is 1. The number of rotatable bonds is 3. The van der Waals surface area contributed by atoms with Gasteiger partial charge in [0.25, 0.3) is 0 Å². The van der Waals surface area contributed by atoms with Crippen LogP contribution in [0.1, 0.15) is 15.5 Å². The molecular formula is C13H17N5. The quantitative estimate of drug-likeness (QED) is 0.773. The van der Waals surface area contributed by atoms with Crippen LogP contribution in [0, 0.1) is 0 Å². The fourth-order valence-electron chi connectivity index (χ4n) is 2.41. The second-order valence-electron chi connectivity index (χ2n) is 4.80. The number of nitrogen functional groups attached to an aromatic ring is 1. The first-order chi connectivity index (χ1) is 9.91. The van der Waals surface area contributed by atoms with Gasteiger partial charge in [0, 0.05) is 41.7 Å². The predicted octanol–water partition coefficient (Wildman–Crippen LogP) is 0.481. The molecule has 1 fully saturated rings. The monoisotopic (exact) mass is 246 g/mol. The van der Waals surface area contributed by atoms with Gasteiger partial charge in [-0.1, -0.05) is 12.1 Å². The lowest BCUT2D eigenvalue weighted by Crippen LogP contribution is -2.58. The van der Waals surface area contributed by atoms with Gasteiger partial charge in [-0.3, -0.25) is 0 Å². The van der Waals surface area contributed by atoms with E-state index in [-0.39, 0.29) is 5.41 Å². The average Bonchev–Trinajstić information content (AvgIpc) is 2.81. The van der Waals surface area contributed by atoms with Gasteiger partial charge >= 0.3 is 0 Å². The third-order valence-corrected chi connectivity index (χ3v) is 3.54. The Kier molecular flexibility index (Phi) is 1.88. The van der Waals surface area contributed by atoms with Crippen LogP contribution in [-0.2, 0) is 18.8 Å². The van der Waals surface area contributed by atoms with Crippen molar-refractivity contribution < 1.29 is 4.11 Å². The van der Waals surface area contributed by atoms with E-state index in [1.165, 1.54) is 10.9 Å². The highest BCUT2D eigenvalue weighted by molar-refractivity contribution is 5.45. The van der Waals surface area contributed by atoms with Crippen molar-refractivity contribution in [3.63, 3.8) is 0 Å². The number of anilines is 1. The van der Waals surface area contributed by atoms with Crippen LogP contribution in [0.4, 0.5) is 5.69 Å². The van der Waals surface area contributed by atoms with Gasteiger partial charge in [0.1, 0.15) is 12.2 Å². The summed E-state index contributed by atoms with van der Waals surface area (Å²) in [6.07, 6.45) is 1.78. The molecule has 0 bridgehead atoms. The van der Waals surface area contributed by atoms with Crippen LogP contribution in [-0.4, -0.2) is 27.9 Å². The van der Waals surface area contributed by atoms with Crippen molar-refractivity contribution in [3.8, 4) is 0 Å². The van der Waals surface area contributed by atoms with Gasteiger partial charge in [-0.25, -0.2) is 0 Å². The topological polar surface area (TPSA) is 68.8 Å². The molecular weight excluding hydrogens is 226 g/mol. The van der Waals surface area contributed by atoms with Gasteiger partial charge in [-0.2, -0.15) is 0 Å². The molecule has 1 aromatic carbocycles. The van der Waals surface area contributed by atoms with E-state index in [9.17, 15) is 0 Å². The molecule has 1 aliphatic heterocycles. The summed E-state index contributed by atoms with van der Waals surface area (Å²) < 4.78 is 23.8. The zero-order valence-corrected chi connectivity index (χ0v) is 9.93. The summed E-state index contributed by atoms with van der Waals surface area (Å²) in [5.41, 5.74) is 7.49. The Hall–Kier alpha value is -1.88. The number of hydrogen-bond acceptors (Lipinski definition) is 4. The number of nitrogens with zero attached hydrogens (tertiary/aromatic N) is 3. The van der Waals surface area contributed by atoms with Crippen molar-refractivity contribution >= 4 is 5.69 Å². The first-order valence-electron chi connectivity index (χ1n) is 7.37. The van der Waals surface area contributed by atoms with Crippen LogP contribution in [0.25, 0.3) is 0 Å². The maximum absolute atomic E-state index is 7.53. The summed E-state index contributed by atoms with van der Waals surface area (Å²) in [6, 6.07) is 7.72. The molecule has 0 radical (unpaired) electrons. The number of hydrogen-bond donors (Lipinski definition) is 2. The second-order valence-corrected chi connectivity index (χ2v) is 4.80. The zero-order chi connectivity index (χ0) is 15.1. The minimum Gasteiger partial charge on any atom is -0.399 e. The van der Waals surface area contributed by atoms with Crippen molar-refractivity contribution in [1.82, 2.24) is 20.1 Å². The normalized spacial score (nSPS) is 20.6. The Morgan fingerprint density at radius 3 is 3.11 bits per heavy atom. The van der Waals surface area contributed by atoms with Gasteiger partial charge in [-0.05, 0) is 17.7 Å². The third-order valence-electron chi connectivity index (χ3n) is 3.54. The Bertz CT molecular complexity index is 645. The van der Waals surface area contributed by atoms with E-state index in [1.807, 2.05) is 24.3 Å². The van der Waals surface area contributed by atoms with Crippen LogP contribution in [0.3, 0.4) is 0 Å². The Morgan fingerprint density at radius 2 is 2.44 bits per heavy atom. The molecule has 94 valence electrons. The Labute approximate surface area is 110 Å². The first kappa shape index (κ1) is 8.26. The summed E-state index contributed by atoms with van der Waals surface area (Å²) in [4.78, 5) is 0. The minimum absolute atomic E-state index is 0.175. The van der Waals surface area contributed by atoms with Crippen LogP contribution < -0.4 is 11.1 Å². The summed E-state index contributed by atoms with van der Waals surface area (Å²) in [5, 5.41) is 11.0. The zero-order valence-electron chi connectivity index (χ0n) is 12.9. The average molecular weight is 246 g/mol. The largest absolute Gasteiger partial charge is 0.399 e.